The maximum absolute atomic E-state index is 9.34. The molecule has 1 saturated heterocycles. The Balaban J connectivity index is 0.00000112. The number of nitrogens with one attached hydrogen (secondary N) is 1. The Morgan fingerprint density at radius 3 is 2.27 bits per heavy atom. The van der Waals surface area contributed by atoms with Crippen molar-refractivity contribution in [2.75, 3.05) is 6.54 Å². The number of phenolic OH excluding ortho intramolecular Hbond substituents is 2. The Morgan fingerprint density at radius 1 is 1.07 bits per heavy atom. The number of aromatic hydroxyl groups is 2. The van der Waals surface area contributed by atoms with Crippen molar-refractivity contribution in [3.05, 3.63) is 23.8 Å². The summed E-state index contributed by atoms with van der Waals surface area (Å²) in [5, 5.41) is 22.0. The molecule has 0 aromatic heterocycles. The summed E-state index contributed by atoms with van der Waals surface area (Å²) in [5.41, 5.74) is 0.974. The minimum Gasteiger partial charge on any atom is -0.508 e. The first-order chi connectivity index (χ1) is 6.75. The summed E-state index contributed by atoms with van der Waals surface area (Å²) >= 11 is 0. The molecule has 2 rings (SSSR count). The zero-order valence-corrected chi connectivity index (χ0v) is 9.26. The molecular formula is C11H16ClNO2. The largest absolute Gasteiger partial charge is 0.508 e. The van der Waals surface area contributed by atoms with E-state index in [4.69, 9.17) is 0 Å². The molecule has 4 heteroatoms. The van der Waals surface area contributed by atoms with Crippen LogP contribution in [0.25, 0.3) is 0 Å². The van der Waals surface area contributed by atoms with Crippen LogP contribution in [0.15, 0.2) is 18.2 Å². The average molecular weight is 230 g/mol. The van der Waals surface area contributed by atoms with Crippen molar-refractivity contribution >= 4 is 12.4 Å². The molecule has 1 fully saturated rings. The Labute approximate surface area is 95.5 Å². The first kappa shape index (κ1) is 12.1. The summed E-state index contributed by atoms with van der Waals surface area (Å²) in [4.78, 5) is 0. The molecule has 1 atom stereocenters. The third kappa shape index (κ3) is 3.01. The maximum Gasteiger partial charge on any atom is 0.119 e. The van der Waals surface area contributed by atoms with Crippen molar-refractivity contribution in [3.8, 4) is 11.5 Å². The number of piperidine rings is 1. The number of hydrogen-bond acceptors (Lipinski definition) is 3. The molecule has 0 unspecified atom stereocenters. The Hall–Kier alpha value is -0.930. The summed E-state index contributed by atoms with van der Waals surface area (Å²) in [6.45, 7) is 1.01. The van der Waals surface area contributed by atoms with Crippen LogP contribution in [0.1, 0.15) is 30.9 Å². The number of rotatable bonds is 1. The second-order valence-electron chi connectivity index (χ2n) is 3.79. The number of phenols is 2. The molecule has 0 aliphatic carbocycles. The Bertz CT molecular complexity index is 304. The van der Waals surface area contributed by atoms with Gasteiger partial charge < -0.3 is 15.5 Å². The van der Waals surface area contributed by atoms with Gasteiger partial charge in [-0.2, -0.15) is 0 Å². The fourth-order valence-electron chi connectivity index (χ4n) is 1.96. The van der Waals surface area contributed by atoms with Gasteiger partial charge in [-0.25, -0.2) is 0 Å². The lowest BCUT2D eigenvalue weighted by Gasteiger charge is -2.23. The van der Waals surface area contributed by atoms with Crippen LogP contribution < -0.4 is 5.32 Å². The highest BCUT2D eigenvalue weighted by atomic mass is 35.5. The van der Waals surface area contributed by atoms with E-state index in [9.17, 15) is 10.2 Å². The van der Waals surface area contributed by atoms with Gasteiger partial charge in [0, 0.05) is 12.1 Å². The van der Waals surface area contributed by atoms with Gasteiger partial charge in [0.25, 0.3) is 0 Å². The number of hydrogen-bond donors (Lipinski definition) is 3. The number of benzene rings is 1. The predicted octanol–water partition coefficient (Wildman–Crippen LogP) is 2.33. The molecule has 0 spiro atoms. The van der Waals surface area contributed by atoms with E-state index in [1.807, 2.05) is 0 Å². The van der Waals surface area contributed by atoms with Gasteiger partial charge in [-0.1, -0.05) is 6.42 Å². The molecule has 3 N–H and O–H groups in total. The second kappa shape index (κ2) is 5.24. The van der Waals surface area contributed by atoms with Gasteiger partial charge in [-0.05, 0) is 37.1 Å². The molecule has 1 aromatic carbocycles. The van der Waals surface area contributed by atoms with Crippen molar-refractivity contribution in [1.82, 2.24) is 5.32 Å². The second-order valence-corrected chi connectivity index (χ2v) is 3.79. The van der Waals surface area contributed by atoms with Gasteiger partial charge >= 0.3 is 0 Å². The quantitative estimate of drug-likeness (QED) is 0.693. The fraction of sp³-hybridized carbons (Fsp3) is 0.455. The lowest BCUT2D eigenvalue weighted by molar-refractivity contribution is 0.404. The monoisotopic (exact) mass is 229 g/mol. The highest BCUT2D eigenvalue weighted by molar-refractivity contribution is 5.85. The van der Waals surface area contributed by atoms with Gasteiger partial charge in [0.05, 0.1) is 0 Å². The third-order valence-electron chi connectivity index (χ3n) is 2.64. The Morgan fingerprint density at radius 2 is 1.73 bits per heavy atom. The lowest BCUT2D eigenvalue weighted by Crippen LogP contribution is -2.26. The molecule has 1 aromatic rings. The highest BCUT2D eigenvalue weighted by Crippen LogP contribution is 2.29. The SMILES string of the molecule is Cl.Oc1cc(O)cc([C@@H]2CCCCN2)c1. The van der Waals surface area contributed by atoms with Crippen molar-refractivity contribution < 1.29 is 10.2 Å². The third-order valence-corrected chi connectivity index (χ3v) is 2.64. The maximum atomic E-state index is 9.34. The van der Waals surface area contributed by atoms with E-state index in [1.54, 1.807) is 12.1 Å². The standard InChI is InChI=1S/C11H15NO2.ClH/c13-9-5-8(6-10(14)7-9)11-3-1-2-4-12-11;/h5-7,11-14H,1-4H2;1H/t11-;/m0./s1. The molecule has 84 valence electrons. The minimum atomic E-state index is 0. The van der Waals surface area contributed by atoms with Crippen molar-refractivity contribution in [2.45, 2.75) is 25.3 Å². The van der Waals surface area contributed by atoms with Crippen LogP contribution >= 0.6 is 12.4 Å². The van der Waals surface area contributed by atoms with Crippen LogP contribution in [-0.2, 0) is 0 Å². The van der Waals surface area contributed by atoms with Gasteiger partial charge in [-0.15, -0.1) is 12.4 Å². The van der Waals surface area contributed by atoms with E-state index in [0.29, 0.717) is 0 Å². The van der Waals surface area contributed by atoms with Crippen LogP contribution in [0.4, 0.5) is 0 Å². The van der Waals surface area contributed by atoms with E-state index in [1.165, 1.54) is 18.9 Å². The molecule has 0 saturated carbocycles. The van der Waals surface area contributed by atoms with Crippen molar-refractivity contribution in [1.29, 1.82) is 0 Å². The molecule has 15 heavy (non-hydrogen) atoms. The summed E-state index contributed by atoms with van der Waals surface area (Å²) in [6, 6.07) is 5.05. The minimum absolute atomic E-state index is 0. The zero-order chi connectivity index (χ0) is 9.97. The first-order valence-electron chi connectivity index (χ1n) is 5.02. The molecule has 0 bridgehead atoms. The molecule has 3 nitrogen and oxygen atoms in total. The average Bonchev–Trinajstić information content (AvgIpc) is 2.18. The predicted molar refractivity (Wildman–Crippen MR) is 61.6 cm³/mol. The summed E-state index contributed by atoms with van der Waals surface area (Å²) in [7, 11) is 0. The topological polar surface area (TPSA) is 52.5 Å². The van der Waals surface area contributed by atoms with E-state index >= 15 is 0 Å². The van der Waals surface area contributed by atoms with Gasteiger partial charge in [0.1, 0.15) is 11.5 Å². The van der Waals surface area contributed by atoms with Crippen LogP contribution in [0.3, 0.4) is 0 Å². The normalized spacial score (nSPS) is 20.7. The van der Waals surface area contributed by atoms with Crippen molar-refractivity contribution in [3.63, 3.8) is 0 Å². The van der Waals surface area contributed by atoms with E-state index < -0.39 is 0 Å². The van der Waals surface area contributed by atoms with E-state index in [0.717, 1.165) is 18.5 Å². The Kier molecular flexibility index (Phi) is 4.24. The fourth-order valence-corrected chi connectivity index (χ4v) is 1.96. The first-order valence-corrected chi connectivity index (χ1v) is 5.02. The van der Waals surface area contributed by atoms with Crippen LogP contribution in [0, 0.1) is 0 Å². The lowest BCUT2D eigenvalue weighted by atomic mass is 9.97. The van der Waals surface area contributed by atoms with Crippen LogP contribution in [0.5, 0.6) is 11.5 Å². The van der Waals surface area contributed by atoms with Gasteiger partial charge in [0.2, 0.25) is 0 Å². The summed E-state index contributed by atoms with van der Waals surface area (Å²) < 4.78 is 0. The molecule has 1 aliphatic rings. The van der Waals surface area contributed by atoms with Crippen LogP contribution in [0.2, 0.25) is 0 Å². The summed E-state index contributed by atoms with van der Waals surface area (Å²) in [5.74, 6) is 0.264. The molecular weight excluding hydrogens is 214 g/mol. The van der Waals surface area contributed by atoms with E-state index in [2.05, 4.69) is 5.32 Å². The van der Waals surface area contributed by atoms with Gasteiger partial charge in [0.15, 0.2) is 0 Å². The number of halogens is 1. The van der Waals surface area contributed by atoms with E-state index in [-0.39, 0.29) is 29.9 Å². The van der Waals surface area contributed by atoms with Crippen LogP contribution in [-0.4, -0.2) is 16.8 Å². The highest BCUT2D eigenvalue weighted by Gasteiger charge is 2.15. The summed E-state index contributed by atoms with van der Waals surface area (Å²) in [6.07, 6.45) is 3.48. The molecule has 0 amide bonds. The van der Waals surface area contributed by atoms with Gasteiger partial charge in [-0.3, -0.25) is 0 Å². The smallest absolute Gasteiger partial charge is 0.119 e. The zero-order valence-electron chi connectivity index (χ0n) is 8.44. The molecule has 1 heterocycles. The van der Waals surface area contributed by atoms with Crippen molar-refractivity contribution in [2.24, 2.45) is 0 Å². The molecule has 0 radical (unpaired) electrons. The molecule has 1 aliphatic heterocycles.